The third-order valence-electron chi connectivity index (χ3n) is 3.87. The summed E-state index contributed by atoms with van der Waals surface area (Å²) in [6.07, 6.45) is 0. The van der Waals surface area contributed by atoms with Gasteiger partial charge in [0.25, 0.3) is 0 Å². The van der Waals surface area contributed by atoms with Crippen LogP contribution in [0.15, 0.2) is 48.5 Å². The van der Waals surface area contributed by atoms with Crippen LogP contribution in [0.1, 0.15) is 21.5 Å². The van der Waals surface area contributed by atoms with Crippen molar-refractivity contribution in [1.82, 2.24) is 4.90 Å². The maximum absolute atomic E-state index is 12.4. The average Bonchev–Trinajstić information content (AvgIpc) is 2.62. The number of rotatable bonds is 3. The molecule has 0 unspecified atom stereocenters. The van der Waals surface area contributed by atoms with Gasteiger partial charge in [0.05, 0.1) is 24.3 Å². The summed E-state index contributed by atoms with van der Waals surface area (Å²) < 4.78 is 11.0. The third-order valence-corrected chi connectivity index (χ3v) is 4.35. The largest absolute Gasteiger partial charge is 0.422 e. The van der Waals surface area contributed by atoms with E-state index in [1.165, 1.54) is 0 Å². The van der Waals surface area contributed by atoms with Crippen molar-refractivity contribution in [2.75, 3.05) is 26.3 Å². The van der Waals surface area contributed by atoms with Gasteiger partial charge in [0.15, 0.2) is 0 Å². The van der Waals surface area contributed by atoms with E-state index in [9.17, 15) is 4.79 Å². The Bertz CT molecular complexity index is 754. The van der Waals surface area contributed by atoms with Crippen LogP contribution in [0.3, 0.4) is 0 Å². The van der Waals surface area contributed by atoms with Gasteiger partial charge in [-0.15, -0.1) is 0 Å². The summed E-state index contributed by atoms with van der Waals surface area (Å²) in [5.74, 6) is 0.108. The molecule has 1 heterocycles. The lowest BCUT2D eigenvalue weighted by atomic mass is 10.1. The normalized spacial score (nSPS) is 14.3. The first-order valence-electron chi connectivity index (χ1n) is 7.90. The van der Waals surface area contributed by atoms with Crippen molar-refractivity contribution in [3.8, 4) is 5.75 Å². The van der Waals surface area contributed by atoms with E-state index in [1.807, 2.05) is 43.3 Å². The van der Waals surface area contributed by atoms with Gasteiger partial charge in [0.1, 0.15) is 10.7 Å². The average molecular weight is 341 g/mol. The van der Waals surface area contributed by atoms with Gasteiger partial charge in [0.2, 0.25) is 0 Å². The van der Waals surface area contributed by atoms with Gasteiger partial charge in [-0.25, -0.2) is 4.79 Å². The molecule has 1 aliphatic heterocycles. The van der Waals surface area contributed by atoms with Crippen LogP contribution in [0.5, 0.6) is 5.75 Å². The molecule has 0 aliphatic carbocycles. The molecule has 0 amide bonds. The number of esters is 1. The fourth-order valence-electron chi connectivity index (χ4n) is 2.60. The van der Waals surface area contributed by atoms with E-state index >= 15 is 0 Å². The van der Waals surface area contributed by atoms with Crippen LogP contribution in [0.2, 0.25) is 0 Å². The van der Waals surface area contributed by atoms with Gasteiger partial charge < -0.3 is 14.4 Å². The number of hydrogen-bond acceptors (Lipinski definition) is 4. The van der Waals surface area contributed by atoms with Gasteiger partial charge in [-0.05, 0) is 31.2 Å². The molecular weight excluding hydrogens is 322 g/mol. The smallest absolute Gasteiger partial charge is 0.343 e. The summed E-state index contributed by atoms with van der Waals surface area (Å²) in [5.41, 5.74) is 2.30. The number of morpholine rings is 1. The molecule has 124 valence electrons. The molecule has 1 aliphatic rings. The highest BCUT2D eigenvalue weighted by atomic mass is 32.1. The molecule has 4 nitrogen and oxygen atoms in total. The van der Waals surface area contributed by atoms with Gasteiger partial charge in [-0.3, -0.25) is 0 Å². The second kappa shape index (κ2) is 7.55. The first kappa shape index (κ1) is 16.6. The molecule has 0 atom stereocenters. The molecule has 2 aromatic carbocycles. The van der Waals surface area contributed by atoms with E-state index in [0.29, 0.717) is 29.5 Å². The molecule has 5 heteroatoms. The monoisotopic (exact) mass is 341 g/mol. The maximum atomic E-state index is 12.4. The number of hydrogen-bond donors (Lipinski definition) is 0. The summed E-state index contributed by atoms with van der Waals surface area (Å²) in [5, 5.41) is 0. The summed E-state index contributed by atoms with van der Waals surface area (Å²) >= 11 is 5.60. The Balaban J connectivity index is 1.81. The van der Waals surface area contributed by atoms with E-state index in [-0.39, 0.29) is 5.97 Å². The van der Waals surface area contributed by atoms with Crippen molar-refractivity contribution in [3.05, 3.63) is 65.2 Å². The number of carbonyl (C=O) groups is 1. The molecule has 0 N–H and O–H groups in total. The highest BCUT2D eigenvalue weighted by Gasteiger charge is 2.19. The predicted octanol–water partition coefficient (Wildman–Crippen LogP) is 3.22. The summed E-state index contributed by atoms with van der Waals surface area (Å²) in [4.78, 5) is 15.2. The number of carbonyl (C=O) groups excluding carboxylic acids is 1. The van der Waals surface area contributed by atoms with E-state index in [1.54, 1.807) is 12.1 Å². The summed E-state index contributed by atoms with van der Waals surface area (Å²) in [6.45, 7) is 4.76. The van der Waals surface area contributed by atoms with Gasteiger partial charge in [-0.2, -0.15) is 0 Å². The van der Waals surface area contributed by atoms with E-state index < -0.39 is 0 Å². The number of para-hydroxylation sites is 1. The quantitative estimate of drug-likeness (QED) is 0.487. The summed E-state index contributed by atoms with van der Waals surface area (Å²) in [6, 6.07) is 14.7. The van der Waals surface area contributed by atoms with Crippen molar-refractivity contribution in [2.45, 2.75) is 6.92 Å². The lowest BCUT2D eigenvalue weighted by Gasteiger charge is -2.29. The van der Waals surface area contributed by atoms with Crippen LogP contribution >= 0.6 is 12.2 Å². The predicted molar refractivity (Wildman–Crippen MR) is 96.7 cm³/mol. The zero-order valence-electron chi connectivity index (χ0n) is 13.5. The molecule has 0 bridgehead atoms. The van der Waals surface area contributed by atoms with Crippen LogP contribution in [-0.2, 0) is 4.74 Å². The molecule has 2 aromatic rings. The Morgan fingerprint density at radius 3 is 2.62 bits per heavy atom. The Morgan fingerprint density at radius 1 is 1.12 bits per heavy atom. The zero-order chi connectivity index (χ0) is 16.9. The van der Waals surface area contributed by atoms with E-state index in [2.05, 4.69) is 4.90 Å². The Morgan fingerprint density at radius 2 is 1.88 bits per heavy atom. The third kappa shape index (κ3) is 3.80. The molecule has 0 aromatic heterocycles. The molecule has 3 rings (SSSR count). The van der Waals surface area contributed by atoms with Crippen LogP contribution < -0.4 is 4.74 Å². The highest BCUT2D eigenvalue weighted by Crippen LogP contribution is 2.22. The van der Waals surface area contributed by atoms with Gasteiger partial charge in [-0.1, -0.05) is 42.0 Å². The fourth-order valence-corrected chi connectivity index (χ4v) is 2.95. The number of benzene rings is 2. The van der Waals surface area contributed by atoms with Crippen LogP contribution in [0.4, 0.5) is 0 Å². The molecule has 0 spiro atoms. The van der Waals surface area contributed by atoms with Crippen LogP contribution in [0, 0.1) is 6.92 Å². The lowest BCUT2D eigenvalue weighted by molar-refractivity contribution is 0.0687. The first-order valence-corrected chi connectivity index (χ1v) is 8.31. The Labute approximate surface area is 147 Å². The van der Waals surface area contributed by atoms with Crippen molar-refractivity contribution in [3.63, 3.8) is 0 Å². The standard InChI is InChI=1S/C19H19NO3S/c1-14-5-4-6-15(13-14)19(21)23-17-8-3-2-7-16(17)18(24)20-9-11-22-12-10-20/h2-8,13H,9-12H2,1H3. The molecule has 0 radical (unpaired) electrons. The number of aryl methyl sites for hydroxylation is 1. The van der Waals surface area contributed by atoms with E-state index in [4.69, 9.17) is 21.7 Å². The number of thiocarbonyl (C=S) groups is 1. The topological polar surface area (TPSA) is 38.8 Å². The first-order chi connectivity index (χ1) is 11.6. The minimum Gasteiger partial charge on any atom is -0.422 e. The zero-order valence-corrected chi connectivity index (χ0v) is 14.3. The van der Waals surface area contributed by atoms with Gasteiger partial charge >= 0.3 is 5.97 Å². The van der Waals surface area contributed by atoms with Crippen molar-refractivity contribution < 1.29 is 14.3 Å². The van der Waals surface area contributed by atoms with Crippen molar-refractivity contribution in [2.24, 2.45) is 0 Å². The van der Waals surface area contributed by atoms with Crippen LogP contribution in [-0.4, -0.2) is 42.2 Å². The molecule has 0 saturated carbocycles. The lowest BCUT2D eigenvalue weighted by Crippen LogP contribution is -2.40. The molecular formula is C19H19NO3S. The van der Waals surface area contributed by atoms with Crippen molar-refractivity contribution >= 4 is 23.2 Å². The van der Waals surface area contributed by atoms with Gasteiger partial charge in [0, 0.05) is 13.1 Å². The molecule has 1 saturated heterocycles. The van der Waals surface area contributed by atoms with Crippen LogP contribution in [0.25, 0.3) is 0 Å². The minimum absolute atomic E-state index is 0.379. The number of ether oxygens (including phenoxy) is 2. The minimum atomic E-state index is -0.379. The molecule has 1 fully saturated rings. The highest BCUT2D eigenvalue weighted by molar-refractivity contribution is 7.80. The maximum Gasteiger partial charge on any atom is 0.343 e. The summed E-state index contributed by atoms with van der Waals surface area (Å²) in [7, 11) is 0. The van der Waals surface area contributed by atoms with E-state index in [0.717, 1.165) is 24.2 Å². The second-order valence-corrected chi connectivity index (χ2v) is 6.05. The Kier molecular flexibility index (Phi) is 5.23. The molecule has 24 heavy (non-hydrogen) atoms. The number of nitrogens with zero attached hydrogens (tertiary/aromatic N) is 1. The fraction of sp³-hybridized carbons (Fsp3) is 0.263. The van der Waals surface area contributed by atoms with Crippen molar-refractivity contribution in [1.29, 1.82) is 0 Å². The Hall–Kier alpha value is -2.24. The second-order valence-electron chi connectivity index (χ2n) is 5.66. The SMILES string of the molecule is Cc1cccc(C(=O)Oc2ccccc2C(=S)N2CCOCC2)c1.